The van der Waals surface area contributed by atoms with E-state index >= 15 is 0 Å². The molecule has 0 unspecified atom stereocenters. The first-order valence-electron chi connectivity index (χ1n) is 6.17. The maximum Gasteiger partial charge on any atom is 0.241 e. The Morgan fingerprint density at radius 1 is 1.14 bits per heavy atom. The molecule has 0 saturated heterocycles. The summed E-state index contributed by atoms with van der Waals surface area (Å²) in [7, 11) is -3.59. The number of nitrogen functional groups attached to an aromatic ring is 1. The Labute approximate surface area is 137 Å². The van der Waals surface area contributed by atoms with E-state index in [4.69, 9.17) is 17.3 Å². The van der Waals surface area contributed by atoms with Crippen LogP contribution in [-0.2, 0) is 16.4 Å². The average Bonchev–Trinajstić information content (AvgIpc) is 2.43. The minimum atomic E-state index is -3.59. The van der Waals surface area contributed by atoms with Gasteiger partial charge in [-0.05, 0) is 58.2 Å². The smallest absolute Gasteiger partial charge is 0.241 e. The molecule has 2 aromatic rings. The van der Waals surface area contributed by atoms with Gasteiger partial charge in [0.25, 0.3) is 0 Å². The van der Waals surface area contributed by atoms with Crippen molar-refractivity contribution >= 4 is 43.2 Å². The molecule has 21 heavy (non-hydrogen) atoms. The van der Waals surface area contributed by atoms with Gasteiger partial charge in [0.15, 0.2) is 0 Å². The van der Waals surface area contributed by atoms with Gasteiger partial charge >= 0.3 is 0 Å². The van der Waals surface area contributed by atoms with Crippen LogP contribution in [-0.4, -0.2) is 15.0 Å². The molecule has 2 rings (SSSR count). The summed E-state index contributed by atoms with van der Waals surface area (Å²) in [5, 5.41) is 0.656. The number of benzene rings is 2. The molecule has 4 nitrogen and oxygen atoms in total. The Hall–Kier alpha value is -1.08. The zero-order valence-corrected chi connectivity index (χ0v) is 14.2. The molecule has 0 bridgehead atoms. The standard InChI is InChI=1S/C14H14BrClN2O2S/c15-13-6-5-12(17)9-14(13)21(19,20)18-8-7-10-1-3-11(16)4-2-10/h1-6,9,18H,7-8,17H2. The third-order valence-corrected chi connectivity index (χ3v) is 5.57. The van der Waals surface area contributed by atoms with E-state index in [1.54, 1.807) is 24.3 Å². The molecule has 0 spiro atoms. The largest absolute Gasteiger partial charge is 0.399 e. The van der Waals surface area contributed by atoms with Gasteiger partial charge in [-0.1, -0.05) is 23.7 Å². The molecule has 0 aliphatic heterocycles. The van der Waals surface area contributed by atoms with Crippen molar-refractivity contribution in [3.05, 3.63) is 57.5 Å². The second-order valence-electron chi connectivity index (χ2n) is 4.46. The fourth-order valence-corrected chi connectivity index (χ4v) is 3.94. The molecule has 112 valence electrons. The Morgan fingerprint density at radius 2 is 1.81 bits per heavy atom. The predicted molar refractivity (Wildman–Crippen MR) is 88.9 cm³/mol. The maximum absolute atomic E-state index is 12.2. The highest BCUT2D eigenvalue weighted by atomic mass is 79.9. The fourth-order valence-electron chi connectivity index (χ4n) is 1.78. The van der Waals surface area contributed by atoms with Crippen LogP contribution >= 0.6 is 27.5 Å². The second kappa shape index (κ2) is 6.79. The number of halogens is 2. The molecular weight excluding hydrogens is 376 g/mol. The molecule has 0 aliphatic carbocycles. The summed E-state index contributed by atoms with van der Waals surface area (Å²) < 4.78 is 27.5. The molecular formula is C14H14BrClN2O2S. The normalized spacial score (nSPS) is 11.5. The number of sulfonamides is 1. The van der Waals surface area contributed by atoms with E-state index in [1.807, 2.05) is 12.1 Å². The summed E-state index contributed by atoms with van der Waals surface area (Å²) >= 11 is 9.02. The third-order valence-electron chi connectivity index (χ3n) is 2.86. The van der Waals surface area contributed by atoms with Gasteiger partial charge in [0.1, 0.15) is 0 Å². The summed E-state index contributed by atoms with van der Waals surface area (Å²) in [6.45, 7) is 0.297. The number of rotatable bonds is 5. The number of hydrogen-bond donors (Lipinski definition) is 2. The monoisotopic (exact) mass is 388 g/mol. The molecule has 7 heteroatoms. The van der Waals surface area contributed by atoms with Crippen LogP contribution in [0.1, 0.15) is 5.56 Å². The predicted octanol–water partition coefficient (Wildman–Crippen LogP) is 3.21. The van der Waals surface area contributed by atoms with Gasteiger partial charge in [0, 0.05) is 21.7 Å². The topological polar surface area (TPSA) is 72.2 Å². The highest BCUT2D eigenvalue weighted by Crippen LogP contribution is 2.24. The quantitative estimate of drug-likeness (QED) is 0.771. The van der Waals surface area contributed by atoms with Crippen LogP contribution in [0.2, 0.25) is 5.02 Å². The Kier molecular flexibility index (Phi) is 5.27. The average molecular weight is 390 g/mol. The van der Waals surface area contributed by atoms with Crippen LogP contribution in [0.4, 0.5) is 5.69 Å². The van der Waals surface area contributed by atoms with Gasteiger partial charge in [-0.15, -0.1) is 0 Å². The maximum atomic E-state index is 12.2. The van der Waals surface area contributed by atoms with Crippen molar-refractivity contribution in [2.75, 3.05) is 12.3 Å². The summed E-state index contributed by atoms with van der Waals surface area (Å²) in [5.41, 5.74) is 7.04. The van der Waals surface area contributed by atoms with Crippen LogP contribution < -0.4 is 10.5 Å². The van der Waals surface area contributed by atoms with E-state index in [1.165, 1.54) is 6.07 Å². The molecule has 3 N–H and O–H groups in total. The minimum absolute atomic E-state index is 0.138. The zero-order chi connectivity index (χ0) is 15.5. The highest BCUT2D eigenvalue weighted by molar-refractivity contribution is 9.10. The molecule has 0 aromatic heterocycles. The molecule has 0 amide bonds. The minimum Gasteiger partial charge on any atom is -0.399 e. The summed E-state index contributed by atoms with van der Waals surface area (Å²) in [4.78, 5) is 0.138. The lowest BCUT2D eigenvalue weighted by atomic mass is 10.2. The van der Waals surface area contributed by atoms with Gasteiger partial charge in [0.05, 0.1) is 4.90 Å². The first kappa shape index (κ1) is 16.3. The number of nitrogens with one attached hydrogen (secondary N) is 1. The molecule has 0 atom stereocenters. The van der Waals surface area contributed by atoms with E-state index < -0.39 is 10.0 Å². The molecule has 0 radical (unpaired) electrons. The zero-order valence-electron chi connectivity index (χ0n) is 11.0. The van der Waals surface area contributed by atoms with Crippen molar-refractivity contribution in [1.82, 2.24) is 4.72 Å². The summed E-state index contributed by atoms with van der Waals surface area (Å²) in [5.74, 6) is 0. The summed E-state index contributed by atoms with van der Waals surface area (Å²) in [6.07, 6.45) is 0.580. The lowest BCUT2D eigenvalue weighted by molar-refractivity contribution is 0.581. The number of anilines is 1. The molecule has 0 heterocycles. The molecule has 2 aromatic carbocycles. The van der Waals surface area contributed by atoms with Crippen LogP contribution in [0.15, 0.2) is 51.8 Å². The van der Waals surface area contributed by atoms with Crippen LogP contribution in [0.5, 0.6) is 0 Å². The third kappa shape index (κ3) is 4.44. The van der Waals surface area contributed by atoms with E-state index in [0.29, 0.717) is 28.1 Å². The SMILES string of the molecule is Nc1ccc(Br)c(S(=O)(=O)NCCc2ccc(Cl)cc2)c1. The Morgan fingerprint density at radius 3 is 2.48 bits per heavy atom. The van der Waals surface area contributed by atoms with Crippen LogP contribution in [0.3, 0.4) is 0 Å². The summed E-state index contributed by atoms with van der Waals surface area (Å²) in [6, 6.07) is 12.0. The van der Waals surface area contributed by atoms with Crippen molar-refractivity contribution in [2.45, 2.75) is 11.3 Å². The van der Waals surface area contributed by atoms with Gasteiger partial charge in [-0.25, -0.2) is 13.1 Å². The number of hydrogen-bond acceptors (Lipinski definition) is 3. The van der Waals surface area contributed by atoms with Crippen molar-refractivity contribution in [2.24, 2.45) is 0 Å². The Balaban J connectivity index is 2.04. The van der Waals surface area contributed by atoms with Crippen molar-refractivity contribution in [3.8, 4) is 0 Å². The van der Waals surface area contributed by atoms with Crippen molar-refractivity contribution in [3.63, 3.8) is 0 Å². The fraction of sp³-hybridized carbons (Fsp3) is 0.143. The first-order valence-corrected chi connectivity index (χ1v) is 8.83. The van der Waals surface area contributed by atoms with Crippen LogP contribution in [0.25, 0.3) is 0 Å². The molecule has 0 saturated carbocycles. The Bertz CT molecular complexity index is 733. The van der Waals surface area contributed by atoms with Gasteiger partial charge in [-0.3, -0.25) is 0 Å². The second-order valence-corrected chi connectivity index (χ2v) is 7.49. The van der Waals surface area contributed by atoms with Gasteiger partial charge < -0.3 is 5.73 Å². The van der Waals surface area contributed by atoms with E-state index in [9.17, 15) is 8.42 Å². The van der Waals surface area contributed by atoms with E-state index in [-0.39, 0.29) is 4.90 Å². The van der Waals surface area contributed by atoms with E-state index in [2.05, 4.69) is 20.7 Å². The lowest BCUT2D eigenvalue weighted by Crippen LogP contribution is -2.26. The van der Waals surface area contributed by atoms with E-state index in [0.717, 1.165) is 5.56 Å². The number of nitrogens with two attached hydrogens (primary N) is 1. The lowest BCUT2D eigenvalue weighted by Gasteiger charge is -2.09. The van der Waals surface area contributed by atoms with Gasteiger partial charge in [0.2, 0.25) is 10.0 Å². The first-order chi connectivity index (χ1) is 9.88. The highest BCUT2D eigenvalue weighted by Gasteiger charge is 2.17. The van der Waals surface area contributed by atoms with Crippen molar-refractivity contribution < 1.29 is 8.42 Å². The van der Waals surface area contributed by atoms with Gasteiger partial charge in [-0.2, -0.15) is 0 Å². The van der Waals surface area contributed by atoms with Crippen molar-refractivity contribution in [1.29, 1.82) is 0 Å². The molecule has 0 aliphatic rings. The molecule has 0 fully saturated rings. The van der Waals surface area contributed by atoms with Crippen LogP contribution in [0, 0.1) is 0 Å².